The number of halogens is 1. The highest BCUT2D eigenvalue weighted by Crippen LogP contribution is 2.34. The monoisotopic (exact) mass is 325 g/mol. The fourth-order valence-corrected chi connectivity index (χ4v) is 3.03. The van der Waals surface area contributed by atoms with Crippen LogP contribution in [0.4, 0.5) is 10.7 Å². The predicted octanol–water partition coefficient (Wildman–Crippen LogP) is 5.39. The van der Waals surface area contributed by atoms with Crippen molar-refractivity contribution in [2.24, 2.45) is 0 Å². The van der Waals surface area contributed by atoms with E-state index in [0.717, 1.165) is 21.3 Å². The van der Waals surface area contributed by atoms with E-state index in [1.165, 1.54) is 16.9 Å². The molecule has 0 saturated heterocycles. The van der Waals surface area contributed by atoms with Gasteiger partial charge in [-0.25, -0.2) is 4.98 Å². The second-order valence-electron chi connectivity index (χ2n) is 4.81. The van der Waals surface area contributed by atoms with E-state index in [0.29, 0.717) is 10.7 Å². The van der Waals surface area contributed by atoms with Crippen LogP contribution in [-0.4, -0.2) is 4.98 Å². The lowest BCUT2D eigenvalue weighted by Crippen LogP contribution is -1.89. The highest BCUT2D eigenvalue weighted by atomic mass is 35.5. The Labute approximate surface area is 137 Å². The quantitative estimate of drug-likeness (QED) is 0.702. The van der Waals surface area contributed by atoms with Crippen molar-refractivity contribution in [3.05, 3.63) is 64.8 Å². The summed E-state index contributed by atoms with van der Waals surface area (Å²) in [5, 5.41) is 14.7. The zero-order valence-electron chi connectivity index (χ0n) is 11.8. The van der Waals surface area contributed by atoms with Gasteiger partial charge in [0.15, 0.2) is 5.69 Å². The number of anilines is 2. The van der Waals surface area contributed by atoms with Gasteiger partial charge in [0, 0.05) is 16.3 Å². The Morgan fingerprint density at radius 3 is 2.41 bits per heavy atom. The summed E-state index contributed by atoms with van der Waals surface area (Å²) in [5.41, 5.74) is 3.48. The molecule has 0 unspecified atom stereocenters. The van der Waals surface area contributed by atoms with Gasteiger partial charge in [-0.05, 0) is 31.2 Å². The summed E-state index contributed by atoms with van der Waals surface area (Å²) in [6.45, 7) is 2.04. The molecule has 0 aliphatic rings. The van der Waals surface area contributed by atoms with Crippen molar-refractivity contribution < 1.29 is 0 Å². The molecular weight excluding hydrogens is 314 g/mol. The zero-order valence-corrected chi connectivity index (χ0v) is 13.4. The molecule has 0 radical (unpaired) electrons. The van der Waals surface area contributed by atoms with Crippen molar-refractivity contribution in [1.29, 1.82) is 5.26 Å². The summed E-state index contributed by atoms with van der Waals surface area (Å²) >= 11 is 7.34. The van der Waals surface area contributed by atoms with E-state index in [-0.39, 0.29) is 0 Å². The van der Waals surface area contributed by atoms with Gasteiger partial charge in [0.25, 0.3) is 0 Å². The van der Waals surface area contributed by atoms with Crippen LogP contribution in [0.2, 0.25) is 5.02 Å². The number of hydrogen-bond acceptors (Lipinski definition) is 4. The number of benzene rings is 2. The van der Waals surface area contributed by atoms with Crippen LogP contribution in [0.15, 0.2) is 48.5 Å². The SMILES string of the molecule is Cc1ccc(-c2nc(C#N)c(Nc3ccc(Cl)cc3)s2)cc1. The van der Waals surface area contributed by atoms with E-state index in [2.05, 4.69) is 16.4 Å². The summed E-state index contributed by atoms with van der Waals surface area (Å²) < 4.78 is 0. The highest BCUT2D eigenvalue weighted by Gasteiger charge is 2.12. The Hall–Kier alpha value is -2.35. The van der Waals surface area contributed by atoms with E-state index < -0.39 is 0 Å². The molecule has 0 amide bonds. The van der Waals surface area contributed by atoms with Crippen LogP contribution in [0.25, 0.3) is 10.6 Å². The summed E-state index contributed by atoms with van der Waals surface area (Å²) in [5.74, 6) is 0. The Bertz CT molecular complexity index is 830. The topological polar surface area (TPSA) is 48.7 Å². The van der Waals surface area contributed by atoms with Crippen molar-refractivity contribution in [1.82, 2.24) is 4.98 Å². The maximum atomic E-state index is 9.28. The van der Waals surface area contributed by atoms with Crippen LogP contribution in [0.5, 0.6) is 0 Å². The average Bonchev–Trinajstić information content (AvgIpc) is 2.93. The van der Waals surface area contributed by atoms with E-state index in [4.69, 9.17) is 11.6 Å². The molecule has 5 heteroatoms. The first-order valence-electron chi connectivity index (χ1n) is 6.66. The maximum Gasteiger partial charge on any atom is 0.176 e. The lowest BCUT2D eigenvalue weighted by molar-refractivity contribution is 1.33. The number of hydrogen-bond donors (Lipinski definition) is 1. The fraction of sp³-hybridized carbons (Fsp3) is 0.0588. The molecule has 0 spiro atoms. The highest BCUT2D eigenvalue weighted by molar-refractivity contribution is 7.19. The Kier molecular flexibility index (Phi) is 4.10. The summed E-state index contributed by atoms with van der Waals surface area (Å²) in [6, 6.07) is 17.6. The van der Waals surface area contributed by atoms with Crippen LogP contribution >= 0.6 is 22.9 Å². The number of aryl methyl sites for hydroxylation is 1. The van der Waals surface area contributed by atoms with E-state index in [1.807, 2.05) is 43.3 Å². The molecule has 2 aromatic carbocycles. The molecule has 3 aromatic rings. The van der Waals surface area contributed by atoms with Crippen LogP contribution in [0.3, 0.4) is 0 Å². The molecule has 0 bridgehead atoms. The maximum absolute atomic E-state index is 9.28. The largest absolute Gasteiger partial charge is 0.345 e. The van der Waals surface area contributed by atoms with Gasteiger partial charge in [0.1, 0.15) is 16.1 Å². The fourth-order valence-electron chi connectivity index (χ4n) is 1.96. The van der Waals surface area contributed by atoms with Crippen molar-refractivity contribution in [2.45, 2.75) is 6.92 Å². The Morgan fingerprint density at radius 1 is 1.09 bits per heavy atom. The molecule has 1 aromatic heterocycles. The van der Waals surface area contributed by atoms with Crippen molar-refractivity contribution in [3.8, 4) is 16.6 Å². The third-order valence-electron chi connectivity index (χ3n) is 3.13. The first-order valence-corrected chi connectivity index (χ1v) is 7.86. The third kappa shape index (κ3) is 3.11. The number of nitrogens with one attached hydrogen (secondary N) is 1. The smallest absolute Gasteiger partial charge is 0.176 e. The number of nitriles is 1. The lowest BCUT2D eigenvalue weighted by Gasteiger charge is -2.03. The number of aromatic nitrogens is 1. The second-order valence-corrected chi connectivity index (χ2v) is 6.24. The number of nitrogens with zero attached hydrogens (tertiary/aromatic N) is 2. The molecule has 0 aliphatic carbocycles. The molecule has 0 aliphatic heterocycles. The molecule has 3 nitrogen and oxygen atoms in total. The zero-order chi connectivity index (χ0) is 15.5. The van der Waals surface area contributed by atoms with Gasteiger partial charge in [-0.15, -0.1) is 0 Å². The van der Waals surface area contributed by atoms with E-state index >= 15 is 0 Å². The minimum absolute atomic E-state index is 0.399. The van der Waals surface area contributed by atoms with E-state index in [9.17, 15) is 5.26 Å². The normalized spacial score (nSPS) is 10.2. The van der Waals surface area contributed by atoms with Crippen LogP contribution < -0.4 is 5.32 Å². The minimum Gasteiger partial charge on any atom is -0.345 e. The lowest BCUT2D eigenvalue weighted by atomic mass is 10.2. The van der Waals surface area contributed by atoms with E-state index in [1.54, 1.807) is 12.1 Å². The molecule has 3 rings (SSSR count). The first-order chi connectivity index (χ1) is 10.7. The Morgan fingerprint density at radius 2 is 1.77 bits per heavy atom. The van der Waals surface area contributed by atoms with Gasteiger partial charge in [0.2, 0.25) is 0 Å². The molecule has 0 saturated carbocycles. The molecule has 108 valence electrons. The first kappa shape index (κ1) is 14.6. The molecular formula is C17H12ClN3S. The molecule has 0 fully saturated rings. The van der Waals surface area contributed by atoms with Crippen LogP contribution in [0.1, 0.15) is 11.3 Å². The summed E-state index contributed by atoms with van der Waals surface area (Å²) in [7, 11) is 0. The molecule has 22 heavy (non-hydrogen) atoms. The summed E-state index contributed by atoms with van der Waals surface area (Å²) in [4.78, 5) is 4.41. The van der Waals surface area contributed by atoms with Gasteiger partial charge in [-0.2, -0.15) is 5.26 Å². The predicted molar refractivity (Wildman–Crippen MR) is 91.7 cm³/mol. The van der Waals surface area contributed by atoms with Gasteiger partial charge < -0.3 is 5.32 Å². The van der Waals surface area contributed by atoms with Crippen molar-refractivity contribution in [3.63, 3.8) is 0 Å². The molecule has 0 atom stereocenters. The van der Waals surface area contributed by atoms with Crippen LogP contribution in [0, 0.1) is 18.3 Å². The van der Waals surface area contributed by atoms with Gasteiger partial charge in [-0.3, -0.25) is 0 Å². The average molecular weight is 326 g/mol. The number of rotatable bonds is 3. The van der Waals surface area contributed by atoms with Crippen molar-refractivity contribution in [2.75, 3.05) is 5.32 Å². The third-order valence-corrected chi connectivity index (χ3v) is 4.41. The molecule has 1 heterocycles. The minimum atomic E-state index is 0.399. The van der Waals surface area contributed by atoms with Gasteiger partial charge in [-0.1, -0.05) is 52.8 Å². The molecule has 1 N–H and O–H groups in total. The van der Waals surface area contributed by atoms with Gasteiger partial charge in [0.05, 0.1) is 0 Å². The summed E-state index contributed by atoms with van der Waals surface area (Å²) in [6.07, 6.45) is 0. The standard InChI is InChI=1S/C17H12ClN3S/c1-11-2-4-12(5-3-11)16-21-15(10-19)17(22-16)20-14-8-6-13(18)7-9-14/h2-9,20H,1H3. The van der Waals surface area contributed by atoms with Gasteiger partial charge >= 0.3 is 0 Å². The van der Waals surface area contributed by atoms with Crippen LogP contribution in [-0.2, 0) is 0 Å². The van der Waals surface area contributed by atoms with Crippen molar-refractivity contribution >= 4 is 33.6 Å². The second kappa shape index (κ2) is 6.18. The number of thiazole rings is 1. The Balaban J connectivity index is 1.93.